The molecule has 0 radical (unpaired) electrons. The van der Waals surface area contributed by atoms with Crippen molar-refractivity contribution in [1.82, 2.24) is 0 Å². The fraction of sp³-hybridized carbons (Fsp3) is 0.316. The maximum absolute atomic E-state index is 12.6. The number of carbonyl (C=O) groups is 1. The zero-order valence-electron chi connectivity index (χ0n) is 13.3. The lowest BCUT2D eigenvalue weighted by Gasteiger charge is -2.23. The first-order chi connectivity index (χ1) is 10.0. The summed E-state index contributed by atoms with van der Waals surface area (Å²) >= 11 is 0. The minimum absolute atomic E-state index is 0.177. The van der Waals surface area contributed by atoms with Gasteiger partial charge in [0.05, 0.1) is 6.54 Å². The number of ketones is 1. The average molecular weight is 281 g/mol. The standard InChI is InChI=1S/C19H23NO/c1-5-20(17-8-6-7-14(2)12-17)13-19(21)18-10-9-15(3)11-16(18)4/h6-12H,5,13H2,1-4H3. The molecule has 2 nitrogen and oxygen atoms in total. The van der Waals surface area contributed by atoms with Crippen molar-refractivity contribution in [3.63, 3.8) is 0 Å². The molecule has 0 spiro atoms. The minimum atomic E-state index is 0.177. The smallest absolute Gasteiger partial charge is 0.182 e. The molecule has 0 amide bonds. The number of nitrogens with zero attached hydrogens (tertiary/aromatic N) is 1. The van der Waals surface area contributed by atoms with Gasteiger partial charge in [0.2, 0.25) is 0 Å². The van der Waals surface area contributed by atoms with Gasteiger partial charge in [0.25, 0.3) is 0 Å². The van der Waals surface area contributed by atoms with E-state index in [4.69, 9.17) is 0 Å². The SMILES string of the molecule is CCN(CC(=O)c1ccc(C)cc1C)c1cccc(C)c1. The van der Waals surface area contributed by atoms with E-state index in [2.05, 4.69) is 43.0 Å². The van der Waals surface area contributed by atoms with Crippen LogP contribution in [-0.4, -0.2) is 18.9 Å². The second-order valence-electron chi connectivity index (χ2n) is 5.59. The van der Waals surface area contributed by atoms with E-state index in [9.17, 15) is 4.79 Å². The van der Waals surface area contributed by atoms with Crippen molar-refractivity contribution in [2.24, 2.45) is 0 Å². The molecular weight excluding hydrogens is 258 g/mol. The van der Waals surface area contributed by atoms with Crippen LogP contribution in [0.1, 0.15) is 34.0 Å². The third-order valence-electron chi connectivity index (χ3n) is 3.77. The van der Waals surface area contributed by atoms with Gasteiger partial charge in [0.1, 0.15) is 0 Å². The van der Waals surface area contributed by atoms with Crippen molar-refractivity contribution in [1.29, 1.82) is 0 Å². The Bertz CT molecular complexity index is 646. The van der Waals surface area contributed by atoms with Crippen molar-refractivity contribution in [3.05, 3.63) is 64.7 Å². The summed E-state index contributed by atoms with van der Waals surface area (Å²) in [6, 6.07) is 14.3. The highest BCUT2D eigenvalue weighted by atomic mass is 16.1. The molecular formula is C19H23NO. The average Bonchev–Trinajstić information content (AvgIpc) is 2.44. The van der Waals surface area contributed by atoms with E-state index in [1.165, 1.54) is 11.1 Å². The van der Waals surface area contributed by atoms with Gasteiger partial charge in [-0.1, -0.05) is 35.9 Å². The Kier molecular flexibility index (Phi) is 4.79. The maximum atomic E-state index is 12.6. The topological polar surface area (TPSA) is 20.3 Å². The van der Waals surface area contributed by atoms with Gasteiger partial charge in [-0.3, -0.25) is 4.79 Å². The van der Waals surface area contributed by atoms with E-state index in [-0.39, 0.29) is 5.78 Å². The van der Waals surface area contributed by atoms with E-state index >= 15 is 0 Å². The van der Waals surface area contributed by atoms with Crippen LogP contribution in [0, 0.1) is 20.8 Å². The summed E-state index contributed by atoms with van der Waals surface area (Å²) in [6.45, 7) is 9.44. The lowest BCUT2D eigenvalue weighted by atomic mass is 10.0. The number of likely N-dealkylation sites (N-methyl/N-ethyl adjacent to an activating group) is 1. The largest absolute Gasteiger partial charge is 0.364 e. The molecule has 0 N–H and O–H groups in total. The molecule has 2 heteroatoms. The summed E-state index contributed by atoms with van der Waals surface area (Å²) in [7, 11) is 0. The van der Waals surface area contributed by atoms with Gasteiger partial charge in [0, 0.05) is 17.8 Å². The molecule has 2 aromatic carbocycles. The number of aryl methyl sites for hydroxylation is 3. The van der Waals surface area contributed by atoms with Gasteiger partial charge in [-0.2, -0.15) is 0 Å². The van der Waals surface area contributed by atoms with Crippen LogP contribution in [0.2, 0.25) is 0 Å². The van der Waals surface area contributed by atoms with Crippen molar-refractivity contribution >= 4 is 11.5 Å². The van der Waals surface area contributed by atoms with Crippen LogP contribution in [0.25, 0.3) is 0 Å². The highest BCUT2D eigenvalue weighted by molar-refractivity contribution is 6.00. The Morgan fingerprint density at radius 2 is 1.71 bits per heavy atom. The monoisotopic (exact) mass is 281 g/mol. The predicted octanol–water partition coefficient (Wildman–Crippen LogP) is 4.32. The fourth-order valence-corrected chi connectivity index (χ4v) is 2.60. The molecule has 0 saturated carbocycles. The van der Waals surface area contributed by atoms with Crippen molar-refractivity contribution in [2.75, 3.05) is 18.0 Å². The number of rotatable bonds is 5. The number of hydrogen-bond acceptors (Lipinski definition) is 2. The Morgan fingerprint density at radius 3 is 2.33 bits per heavy atom. The third-order valence-corrected chi connectivity index (χ3v) is 3.77. The summed E-state index contributed by atoms with van der Waals surface area (Å²) in [5, 5.41) is 0. The lowest BCUT2D eigenvalue weighted by Crippen LogP contribution is -2.30. The van der Waals surface area contributed by atoms with Crippen LogP contribution in [0.4, 0.5) is 5.69 Å². The maximum Gasteiger partial charge on any atom is 0.182 e. The van der Waals surface area contributed by atoms with Gasteiger partial charge in [0.15, 0.2) is 5.78 Å². The number of benzene rings is 2. The quantitative estimate of drug-likeness (QED) is 0.761. The van der Waals surface area contributed by atoms with E-state index in [0.717, 1.165) is 23.4 Å². The molecule has 0 fully saturated rings. The highest BCUT2D eigenvalue weighted by Crippen LogP contribution is 2.18. The van der Waals surface area contributed by atoms with Crippen molar-refractivity contribution in [3.8, 4) is 0 Å². The first-order valence-electron chi connectivity index (χ1n) is 7.43. The highest BCUT2D eigenvalue weighted by Gasteiger charge is 2.14. The summed E-state index contributed by atoms with van der Waals surface area (Å²) in [5.74, 6) is 0.177. The minimum Gasteiger partial charge on any atom is -0.364 e. The van der Waals surface area contributed by atoms with Crippen LogP contribution >= 0.6 is 0 Å². The number of carbonyl (C=O) groups excluding carboxylic acids is 1. The van der Waals surface area contributed by atoms with Crippen molar-refractivity contribution < 1.29 is 4.79 Å². The van der Waals surface area contributed by atoms with Gasteiger partial charge in [-0.15, -0.1) is 0 Å². The van der Waals surface area contributed by atoms with Crippen LogP contribution in [0.5, 0.6) is 0 Å². The summed E-state index contributed by atoms with van der Waals surface area (Å²) in [6.07, 6.45) is 0. The lowest BCUT2D eigenvalue weighted by molar-refractivity contribution is 0.0998. The first-order valence-corrected chi connectivity index (χ1v) is 7.43. The first kappa shape index (κ1) is 15.3. The molecule has 0 saturated heterocycles. The van der Waals surface area contributed by atoms with E-state index in [0.29, 0.717) is 6.54 Å². The van der Waals surface area contributed by atoms with Crippen LogP contribution in [0.3, 0.4) is 0 Å². The van der Waals surface area contributed by atoms with Crippen LogP contribution in [0.15, 0.2) is 42.5 Å². The Hall–Kier alpha value is -2.09. The molecule has 0 aromatic heterocycles. The third kappa shape index (κ3) is 3.72. The normalized spacial score (nSPS) is 10.5. The van der Waals surface area contributed by atoms with Gasteiger partial charge >= 0.3 is 0 Å². The van der Waals surface area contributed by atoms with E-state index < -0.39 is 0 Å². The zero-order valence-corrected chi connectivity index (χ0v) is 13.3. The molecule has 110 valence electrons. The number of Topliss-reactive ketones (excluding diaryl/α,β-unsaturated/α-hetero) is 1. The summed E-state index contributed by atoms with van der Waals surface area (Å²) in [5.41, 5.74) is 5.39. The molecule has 0 aliphatic heterocycles. The van der Waals surface area contributed by atoms with Crippen LogP contribution in [-0.2, 0) is 0 Å². The molecule has 0 bridgehead atoms. The van der Waals surface area contributed by atoms with Crippen LogP contribution < -0.4 is 4.90 Å². The molecule has 0 atom stereocenters. The molecule has 0 heterocycles. The van der Waals surface area contributed by atoms with Gasteiger partial charge < -0.3 is 4.90 Å². The Labute approximate surface area is 127 Å². The Morgan fingerprint density at radius 1 is 1.00 bits per heavy atom. The Balaban J connectivity index is 2.20. The zero-order chi connectivity index (χ0) is 15.4. The molecule has 21 heavy (non-hydrogen) atoms. The summed E-state index contributed by atoms with van der Waals surface area (Å²) in [4.78, 5) is 14.7. The van der Waals surface area contributed by atoms with E-state index in [1.807, 2.05) is 32.0 Å². The molecule has 0 aliphatic carbocycles. The number of anilines is 1. The molecule has 2 aromatic rings. The molecule has 0 aliphatic rings. The fourth-order valence-electron chi connectivity index (χ4n) is 2.60. The van der Waals surface area contributed by atoms with E-state index in [1.54, 1.807) is 0 Å². The number of hydrogen-bond donors (Lipinski definition) is 0. The van der Waals surface area contributed by atoms with Crippen molar-refractivity contribution in [2.45, 2.75) is 27.7 Å². The van der Waals surface area contributed by atoms with Gasteiger partial charge in [-0.05, 0) is 51.0 Å². The second-order valence-corrected chi connectivity index (χ2v) is 5.59. The second kappa shape index (κ2) is 6.57. The molecule has 2 rings (SSSR count). The summed E-state index contributed by atoms with van der Waals surface area (Å²) < 4.78 is 0. The van der Waals surface area contributed by atoms with Gasteiger partial charge in [-0.25, -0.2) is 0 Å². The molecule has 0 unspecified atom stereocenters. The predicted molar refractivity (Wildman–Crippen MR) is 89.3 cm³/mol.